The predicted octanol–water partition coefficient (Wildman–Crippen LogP) is 5.49. The second kappa shape index (κ2) is 13.2. The smallest absolute Gasteiger partial charge is 0.242 e. The molecule has 7 heteroatoms. The van der Waals surface area contributed by atoms with Crippen LogP contribution >= 0.6 is 23.2 Å². The van der Waals surface area contributed by atoms with Crippen LogP contribution in [0.25, 0.3) is 0 Å². The molecule has 0 saturated heterocycles. The summed E-state index contributed by atoms with van der Waals surface area (Å²) >= 11 is 11.9. The van der Waals surface area contributed by atoms with Gasteiger partial charge in [0.1, 0.15) is 11.8 Å². The van der Waals surface area contributed by atoms with Crippen LogP contribution in [0.4, 0.5) is 0 Å². The van der Waals surface area contributed by atoms with Gasteiger partial charge in [-0.05, 0) is 61.2 Å². The molecule has 0 aliphatic rings. The van der Waals surface area contributed by atoms with Gasteiger partial charge in [0.25, 0.3) is 0 Å². The third-order valence-corrected chi connectivity index (χ3v) is 5.32. The number of carbonyl (C=O) groups excluding carboxylic acids is 2. The second-order valence-corrected chi connectivity index (χ2v) is 8.14. The molecule has 168 valence electrons. The van der Waals surface area contributed by atoms with E-state index in [-0.39, 0.29) is 11.8 Å². The Morgan fingerprint density at radius 1 is 1.00 bits per heavy atom. The molecule has 2 aromatic carbocycles. The maximum atomic E-state index is 13.1. The number of hydrogen-bond donors (Lipinski definition) is 1. The average Bonchev–Trinajstić information content (AvgIpc) is 2.77. The molecule has 0 aliphatic carbocycles. The summed E-state index contributed by atoms with van der Waals surface area (Å²) in [5, 5.41) is 4.20. The second-order valence-electron chi connectivity index (χ2n) is 7.27. The largest absolute Gasteiger partial charge is 0.494 e. The SMILES string of the molecule is CCCNC(=O)[C@@H](CC)N(Cc1ccc(Cl)cc1)C(=O)CCCOc1ccc(Cl)cc1. The maximum Gasteiger partial charge on any atom is 0.242 e. The van der Waals surface area contributed by atoms with Gasteiger partial charge in [-0.3, -0.25) is 9.59 Å². The highest BCUT2D eigenvalue weighted by Crippen LogP contribution is 2.18. The highest BCUT2D eigenvalue weighted by molar-refractivity contribution is 6.30. The van der Waals surface area contributed by atoms with E-state index >= 15 is 0 Å². The summed E-state index contributed by atoms with van der Waals surface area (Å²) in [6, 6.07) is 13.9. The Kier molecular flexibility index (Phi) is 10.7. The first-order chi connectivity index (χ1) is 14.9. The highest BCUT2D eigenvalue weighted by Gasteiger charge is 2.28. The Hall–Kier alpha value is -2.24. The van der Waals surface area contributed by atoms with Gasteiger partial charge in [0.15, 0.2) is 0 Å². The van der Waals surface area contributed by atoms with Gasteiger partial charge in [-0.2, -0.15) is 0 Å². The third-order valence-electron chi connectivity index (χ3n) is 4.82. The molecule has 2 amide bonds. The van der Waals surface area contributed by atoms with Crippen molar-refractivity contribution in [3.63, 3.8) is 0 Å². The van der Waals surface area contributed by atoms with Gasteiger partial charge in [-0.25, -0.2) is 0 Å². The van der Waals surface area contributed by atoms with Gasteiger partial charge in [0.05, 0.1) is 6.61 Å². The van der Waals surface area contributed by atoms with E-state index in [0.29, 0.717) is 54.8 Å². The zero-order valence-electron chi connectivity index (χ0n) is 18.1. The molecule has 0 radical (unpaired) electrons. The molecule has 0 unspecified atom stereocenters. The molecular formula is C24H30Cl2N2O3. The lowest BCUT2D eigenvalue weighted by Crippen LogP contribution is -2.49. The normalized spacial score (nSPS) is 11.6. The van der Waals surface area contributed by atoms with E-state index in [1.807, 2.05) is 26.0 Å². The molecule has 0 heterocycles. The van der Waals surface area contributed by atoms with Gasteiger partial charge in [-0.1, -0.05) is 49.2 Å². The third kappa shape index (κ3) is 8.42. The van der Waals surface area contributed by atoms with Crippen molar-refractivity contribution in [1.82, 2.24) is 10.2 Å². The lowest BCUT2D eigenvalue weighted by atomic mass is 10.1. The Labute approximate surface area is 194 Å². The van der Waals surface area contributed by atoms with E-state index in [2.05, 4.69) is 5.32 Å². The minimum absolute atomic E-state index is 0.0758. The van der Waals surface area contributed by atoms with E-state index in [1.165, 1.54) is 0 Å². The first-order valence-corrected chi connectivity index (χ1v) is 11.4. The summed E-state index contributed by atoms with van der Waals surface area (Å²) in [6.45, 7) is 5.26. The zero-order valence-corrected chi connectivity index (χ0v) is 19.6. The first kappa shape index (κ1) is 25.0. The fourth-order valence-electron chi connectivity index (χ4n) is 3.16. The van der Waals surface area contributed by atoms with E-state index in [9.17, 15) is 9.59 Å². The summed E-state index contributed by atoms with van der Waals surface area (Å²) in [7, 11) is 0. The van der Waals surface area contributed by atoms with Gasteiger partial charge < -0.3 is 15.0 Å². The van der Waals surface area contributed by atoms with Crippen molar-refractivity contribution >= 4 is 35.0 Å². The molecule has 0 bridgehead atoms. The Balaban J connectivity index is 2.02. The van der Waals surface area contributed by atoms with Crippen LogP contribution in [0.2, 0.25) is 10.0 Å². The fourth-order valence-corrected chi connectivity index (χ4v) is 3.41. The van der Waals surface area contributed by atoms with E-state index < -0.39 is 6.04 Å². The van der Waals surface area contributed by atoms with Crippen molar-refractivity contribution in [2.24, 2.45) is 0 Å². The summed E-state index contributed by atoms with van der Waals surface area (Å²) in [5.74, 6) is 0.512. The molecule has 2 aromatic rings. The maximum absolute atomic E-state index is 13.1. The number of ether oxygens (including phenoxy) is 1. The fraction of sp³-hybridized carbons (Fsp3) is 0.417. The van der Waals surface area contributed by atoms with Crippen LogP contribution in [0.3, 0.4) is 0 Å². The molecule has 0 aromatic heterocycles. The van der Waals surface area contributed by atoms with E-state index in [4.69, 9.17) is 27.9 Å². The van der Waals surface area contributed by atoms with Crippen molar-refractivity contribution in [2.45, 2.75) is 52.1 Å². The first-order valence-electron chi connectivity index (χ1n) is 10.6. The van der Waals surface area contributed by atoms with Crippen LogP contribution < -0.4 is 10.1 Å². The number of rotatable bonds is 12. The summed E-state index contributed by atoms with van der Waals surface area (Å²) < 4.78 is 5.69. The molecule has 0 saturated carbocycles. The van der Waals surface area contributed by atoms with Crippen LogP contribution in [-0.4, -0.2) is 35.9 Å². The number of nitrogens with one attached hydrogen (secondary N) is 1. The van der Waals surface area contributed by atoms with Crippen molar-refractivity contribution in [2.75, 3.05) is 13.2 Å². The quantitative estimate of drug-likeness (QED) is 0.422. The number of benzene rings is 2. The number of amides is 2. The molecule has 0 fully saturated rings. The van der Waals surface area contributed by atoms with Gasteiger partial charge in [0.2, 0.25) is 11.8 Å². The molecule has 0 aliphatic heterocycles. The Morgan fingerprint density at radius 3 is 2.19 bits per heavy atom. The lowest BCUT2D eigenvalue weighted by molar-refractivity contribution is -0.141. The van der Waals surface area contributed by atoms with E-state index in [1.54, 1.807) is 41.3 Å². The van der Waals surface area contributed by atoms with Gasteiger partial charge in [-0.15, -0.1) is 0 Å². The predicted molar refractivity (Wildman–Crippen MR) is 126 cm³/mol. The van der Waals surface area contributed by atoms with Crippen molar-refractivity contribution in [3.8, 4) is 5.75 Å². The molecule has 0 spiro atoms. The average molecular weight is 465 g/mol. The number of hydrogen-bond acceptors (Lipinski definition) is 3. The Bertz CT molecular complexity index is 826. The van der Waals surface area contributed by atoms with Crippen molar-refractivity contribution in [3.05, 3.63) is 64.1 Å². The summed E-state index contributed by atoms with van der Waals surface area (Å²) in [6.07, 6.45) is 2.22. The van der Waals surface area contributed by atoms with Crippen LogP contribution in [0.5, 0.6) is 5.75 Å². The highest BCUT2D eigenvalue weighted by atomic mass is 35.5. The molecular weight excluding hydrogens is 435 g/mol. The topological polar surface area (TPSA) is 58.6 Å². The van der Waals surface area contributed by atoms with Crippen LogP contribution in [0.15, 0.2) is 48.5 Å². The Morgan fingerprint density at radius 2 is 1.61 bits per heavy atom. The van der Waals surface area contributed by atoms with E-state index in [0.717, 1.165) is 12.0 Å². The molecule has 2 rings (SSSR count). The minimum atomic E-state index is -0.521. The zero-order chi connectivity index (χ0) is 22.6. The van der Waals surface area contributed by atoms with Gasteiger partial charge >= 0.3 is 0 Å². The molecule has 1 N–H and O–H groups in total. The molecule has 5 nitrogen and oxygen atoms in total. The number of nitrogens with zero attached hydrogens (tertiary/aromatic N) is 1. The standard InChI is InChI=1S/C24H30Cl2N2O3/c1-3-15-27-24(30)22(4-2)28(17-18-7-9-19(25)10-8-18)23(29)6-5-16-31-21-13-11-20(26)12-14-21/h7-14,22H,3-6,15-17H2,1-2H3,(H,27,30)/t22-/m1/s1. The molecule has 1 atom stereocenters. The van der Waals surface area contributed by atoms with Gasteiger partial charge in [0, 0.05) is 29.6 Å². The lowest BCUT2D eigenvalue weighted by Gasteiger charge is -2.30. The van der Waals surface area contributed by atoms with Crippen LogP contribution in [0, 0.1) is 0 Å². The monoisotopic (exact) mass is 464 g/mol. The summed E-state index contributed by atoms with van der Waals surface area (Å²) in [4.78, 5) is 27.5. The van der Waals surface area contributed by atoms with Crippen LogP contribution in [0.1, 0.15) is 45.1 Å². The van der Waals surface area contributed by atoms with Crippen LogP contribution in [-0.2, 0) is 16.1 Å². The summed E-state index contributed by atoms with van der Waals surface area (Å²) in [5.41, 5.74) is 0.928. The minimum Gasteiger partial charge on any atom is -0.494 e. The van der Waals surface area contributed by atoms with Crippen molar-refractivity contribution in [1.29, 1.82) is 0 Å². The number of carbonyl (C=O) groups is 2. The number of halogens is 2. The van der Waals surface area contributed by atoms with Crippen molar-refractivity contribution < 1.29 is 14.3 Å². The molecule has 31 heavy (non-hydrogen) atoms.